The maximum Gasteiger partial charge on any atom is 0.333 e. The first kappa shape index (κ1) is 10.2. The van der Waals surface area contributed by atoms with E-state index in [-0.39, 0.29) is 11.5 Å². The zero-order valence-electron chi connectivity index (χ0n) is 7.90. The molecule has 1 heterocycles. The zero-order valence-corrected chi connectivity index (χ0v) is 7.90. The summed E-state index contributed by atoms with van der Waals surface area (Å²) in [5.74, 6) is -1.29. The maximum absolute atomic E-state index is 11.1. The number of nitrogen functional groups attached to an aromatic ring is 1. The predicted octanol–water partition coefficient (Wildman–Crippen LogP) is -1.46. The molecule has 0 aliphatic rings. The molecule has 0 atom stereocenters. The molecule has 14 heavy (non-hydrogen) atoms. The number of hydrogen-bond donors (Lipinski definition) is 2. The van der Waals surface area contributed by atoms with Crippen molar-refractivity contribution in [2.75, 3.05) is 5.73 Å². The molecule has 76 valence electrons. The van der Waals surface area contributed by atoms with E-state index < -0.39 is 11.4 Å². The van der Waals surface area contributed by atoms with Crippen molar-refractivity contribution in [3.8, 4) is 0 Å². The molecule has 0 amide bonds. The van der Waals surface area contributed by atoms with Crippen LogP contribution in [-0.2, 0) is 10.2 Å². The Morgan fingerprint density at radius 1 is 1.64 bits per heavy atom. The van der Waals surface area contributed by atoms with Crippen molar-refractivity contribution < 1.29 is 14.3 Å². The van der Waals surface area contributed by atoms with Crippen molar-refractivity contribution in [2.45, 2.75) is 19.3 Å². The molecule has 6 heteroatoms. The number of carbonyl (C=O) groups is 1. The molecule has 1 aromatic rings. The molecule has 1 rings (SSSR count). The monoisotopic (exact) mass is 197 g/mol. The molecule has 3 N–H and O–H groups in total. The summed E-state index contributed by atoms with van der Waals surface area (Å²) < 4.78 is 0.399. The molecule has 0 fully saturated rings. The summed E-state index contributed by atoms with van der Waals surface area (Å²) in [6, 6.07) is 0. The minimum atomic E-state index is -1.27. The van der Waals surface area contributed by atoms with E-state index in [0.717, 1.165) is 6.20 Å². The highest BCUT2D eigenvalue weighted by atomic mass is 16.4. The van der Waals surface area contributed by atoms with E-state index >= 15 is 0 Å². The Morgan fingerprint density at radius 3 is 2.64 bits per heavy atom. The third-order valence-corrected chi connectivity index (χ3v) is 2.06. The van der Waals surface area contributed by atoms with Gasteiger partial charge in [-0.1, -0.05) is 4.91 Å². The zero-order chi connectivity index (χ0) is 10.9. The molecule has 0 spiro atoms. The lowest BCUT2D eigenvalue weighted by atomic mass is 9.90. The van der Waals surface area contributed by atoms with Gasteiger partial charge in [-0.25, -0.2) is 0 Å². The van der Waals surface area contributed by atoms with Gasteiger partial charge in [0, 0.05) is 9.84 Å². The number of H-pyrrole nitrogens is 1. The van der Waals surface area contributed by atoms with Crippen LogP contribution in [0.4, 0.5) is 5.82 Å². The van der Waals surface area contributed by atoms with Gasteiger partial charge < -0.3 is 14.9 Å². The molecular weight excluding hydrogens is 186 g/mol. The van der Waals surface area contributed by atoms with Crippen LogP contribution in [0.25, 0.3) is 0 Å². The number of aromatic nitrogens is 2. The topological polar surface area (TPSA) is 105 Å². The van der Waals surface area contributed by atoms with Gasteiger partial charge >= 0.3 is 5.82 Å². The lowest BCUT2D eigenvalue weighted by Gasteiger charge is -2.24. The minimum absolute atomic E-state index is 0.0251. The fourth-order valence-electron chi connectivity index (χ4n) is 0.896. The van der Waals surface area contributed by atoms with Gasteiger partial charge in [0.1, 0.15) is 0 Å². The van der Waals surface area contributed by atoms with Gasteiger partial charge in [-0.3, -0.25) is 5.73 Å². The summed E-state index contributed by atoms with van der Waals surface area (Å²) in [7, 11) is 0. The van der Waals surface area contributed by atoms with Crippen LogP contribution in [0.15, 0.2) is 12.4 Å². The first-order chi connectivity index (χ1) is 6.35. The third-order valence-electron chi connectivity index (χ3n) is 2.06. The Kier molecular flexibility index (Phi) is 2.29. The SMILES string of the molecule is CC(C)(C(=O)[O-])c1c[n+](=O)c(N)c[nH]1. The number of rotatable bonds is 2. The number of carboxylic acid groups (broad SMARTS) is 1. The summed E-state index contributed by atoms with van der Waals surface area (Å²) in [5, 5.41) is 10.7. The smallest absolute Gasteiger partial charge is 0.333 e. The number of carbonyl (C=O) groups excluding carboxylic acids is 1. The van der Waals surface area contributed by atoms with E-state index in [4.69, 9.17) is 5.73 Å². The third kappa shape index (κ3) is 1.59. The van der Waals surface area contributed by atoms with Crippen molar-refractivity contribution in [3.05, 3.63) is 23.0 Å². The van der Waals surface area contributed by atoms with Crippen molar-refractivity contribution >= 4 is 11.8 Å². The van der Waals surface area contributed by atoms with Crippen LogP contribution in [0.1, 0.15) is 19.5 Å². The average molecular weight is 197 g/mol. The van der Waals surface area contributed by atoms with E-state index in [1.807, 2.05) is 0 Å². The van der Waals surface area contributed by atoms with Crippen LogP contribution >= 0.6 is 0 Å². The number of nitrogens with zero attached hydrogens (tertiary/aromatic N) is 1. The summed E-state index contributed by atoms with van der Waals surface area (Å²) >= 11 is 0. The quantitative estimate of drug-likeness (QED) is 0.565. The van der Waals surface area contributed by atoms with Crippen LogP contribution in [0.5, 0.6) is 0 Å². The molecule has 0 saturated carbocycles. The van der Waals surface area contributed by atoms with E-state index in [1.165, 1.54) is 20.0 Å². The number of aromatic amines is 1. The number of nitrogens with two attached hydrogens (primary N) is 1. The maximum atomic E-state index is 11.1. The summed E-state index contributed by atoms with van der Waals surface area (Å²) in [4.78, 5) is 24.4. The van der Waals surface area contributed by atoms with E-state index in [1.54, 1.807) is 0 Å². The van der Waals surface area contributed by atoms with Gasteiger partial charge in [-0.2, -0.15) is 0 Å². The molecule has 0 aliphatic heterocycles. The number of anilines is 1. The predicted molar refractivity (Wildman–Crippen MR) is 46.6 cm³/mol. The van der Waals surface area contributed by atoms with E-state index in [0.29, 0.717) is 4.43 Å². The number of hydrogen-bond acceptors (Lipinski definition) is 4. The standard InChI is InChI=1S/C8H11N3O3/c1-8(2,7(12)13)5-4-11(14)6(9)3-10-5/h3-4H,9H2,1-2H3,(H-,10,12,13,14). The fraction of sp³-hybridized carbons (Fsp3) is 0.375. The number of nitrogens with one attached hydrogen (secondary N) is 1. The van der Waals surface area contributed by atoms with Gasteiger partial charge in [0.05, 0.1) is 17.9 Å². The Morgan fingerprint density at radius 2 is 2.21 bits per heavy atom. The second-order valence-electron chi connectivity index (χ2n) is 3.49. The van der Waals surface area contributed by atoms with Crippen molar-refractivity contribution in [3.63, 3.8) is 0 Å². The average Bonchev–Trinajstić information content (AvgIpc) is 2.09. The summed E-state index contributed by atoms with van der Waals surface area (Å²) in [6.07, 6.45) is 2.33. The molecule has 0 aromatic carbocycles. The van der Waals surface area contributed by atoms with Gasteiger partial charge in [-0.15, -0.1) is 0 Å². The van der Waals surface area contributed by atoms with Crippen molar-refractivity contribution in [1.82, 2.24) is 4.98 Å². The number of aliphatic carboxylic acids is 1. The molecule has 0 saturated heterocycles. The second-order valence-corrected chi connectivity index (χ2v) is 3.49. The first-order valence-corrected chi connectivity index (χ1v) is 3.98. The summed E-state index contributed by atoms with van der Waals surface area (Å²) in [5.41, 5.74) is 4.25. The Balaban J connectivity index is 3.28. The van der Waals surface area contributed by atoms with Crippen LogP contribution in [0.2, 0.25) is 0 Å². The van der Waals surface area contributed by atoms with Crippen LogP contribution in [0, 0.1) is 4.91 Å². The largest absolute Gasteiger partial charge is 0.549 e. The van der Waals surface area contributed by atoms with Crippen LogP contribution in [-0.4, -0.2) is 11.0 Å². The lowest BCUT2D eigenvalue weighted by molar-refractivity contribution is -0.479. The highest BCUT2D eigenvalue weighted by molar-refractivity contribution is 5.77. The number of carboxylic acids is 1. The lowest BCUT2D eigenvalue weighted by Crippen LogP contribution is -2.43. The first-order valence-electron chi connectivity index (χ1n) is 3.98. The fourth-order valence-corrected chi connectivity index (χ4v) is 0.896. The van der Waals surface area contributed by atoms with Crippen LogP contribution in [0.3, 0.4) is 0 Å². The Hall–Kier alpha value is -1.85. The van der Waals surface area contributed by atoms with Gasteiger partial charge in [0.15, 0.2) is 6.20 Å². The van der Waals surface area contributed by atoms with Gasteiger partial charge in [0.2, 0.25) is 0 Å². The van der Waals surface area contributed by atoms with E-state index in [9.17, 15) is 14.8 Å². The Bertz CT molecular complexity index is 422. The molecule has 0 unspecified atom stereocenters. The molecule has 1 aromatic heterocycles. The van der Waals surface area contributed by atoms with Gasteiger partial charge in [0.25, 0.3) is 0 Å². The Labute approximate surface area is 80.0 Å². The van der Waals surface area contributed by atoms with E-state index in [2.05, 4.69) is 4.98 Å². The summed E-state index contributed by atoms with van der Waals surface area (Å²) in [6.45, 7) is 2.87. The van der Waals surface area contributed by atoms with Crippen LogP contribution < -0.4 is 15.3 Å². The highest BCUT2D eigenvalue weighted by Gasteiger charge is 2.25. The molecule has 0 radical (unpaired) electrons. The van der Waals surface area contributed by atoms with Crippen molar-refractivity contribution in [1.29, 1.82) is 0 Å². The minimum Gasteiger partial charge on any atom is -0.549 e. The molecule has 0 bridgehead atoms. The normalized spacial score (nSPS) is 11.3. The highest BCUT2D eigenvalue weighted by Crippen LogP contribution is 2.18. The molecule has 6 nitrogen and oxygen atoms in total. The molecule has 0 aliphatic carbocycles. The second kappa shape index (κ2) is 3.13. The van der Waals surface area contributed by atoms with Crippen molar-refractivity contribution in [2.24, 2.45) is 0 Å². The van der Waals surface area contributed by atoms with Gasteiger partial charge in [-0.05, 0) is 13.8 Å². The molecular formula is C8H11N3O3.